The Morgan fingerprint density at radius 3 is 2.94 bits per heavy atom. The van der Waals surface area contributed by atoms with Crippen molar-refractivity contribution in [1.82, 2.24) is 20.5 Å². The molecule has 3 rings (SSSR count). The van der Waals surface area contributed by atoms with E-state index in [1.54, 1.807) is 0 Å². The molecule has 1 aliphatic rings. The van der Waals surface area contributed by atoms with Gasteiger partial charge in [0.15, 0.2) is 5.82 Å². The van der Waals surface area contributed by atoms with Crippen molar-refractivity contribution in [3.05, 3.63) is 35.1 Å². The second-order valence-electron chi connectivity index (χ2n) is 4.34. The molecule has 0 unspecified atom stereocenters. The van der Waals surface area contributed by atoms with Gasteiger partial charge in [-0.15, -0.1) is 0 Å². The highest BCUT2D eigenvalue weighted by atomic mass is 35.5. The molecule has 1 aromatic heterocycles. The molecule has 4 nitrogen and oxygen atoms in total. The molecule has 1 aliphatic heterocycles. The lowest BCUT2D eigenvalue weighted by Crippen LogP contribution is -2.43. The van der Waals surface area contributed by atoms with Crippen LogP contribution in [-0.4, -0.2) is 28.3 Å². The van der Waals surface area contributed by atoms with Crippen LogP contribution in [0.4, 0.5) is 0 Å². The van der Waals surface area contributed by atoms with Gasteiger partial charge in [-0.05, 0) is 31.1 Å². The monoisotopic (exact) mass is 248 g/mol. The third kappa shape index (κ3) is 2.33. The SMILES string of the molecule is Clc1cccc(-c2n[nH]c(CC3CNC3)n2)c1. The first-order valence-electron chi connectivity index (χ1n) is 5.69. The maximum absolute atomic E-state index is 5.94. The molecule has 0 amide bonds. The summed E-state index contributed by atoms with van der Waals surface area (Å²) in [5.74, 6) is 2.36. The summed E-state index contributed by atoms with van der Waals surface area (Å²) in [6.45, 7) is 2.15. The predicted octanol–water partition coefficient (Wildman–Crippen LogP) is 1.89. The van der Waals surface area contributed by atoms with Gasteiger partial charge in [0.25, 0.3) is 0 Å². The number of nitrogens with one attached hydrogen (secondary N) is 2. The lowest BCUT2D eigenvalue weighted by Gasteiger charge is -2.25. The Kier molecular flexibility index (Phi) is 2.82. The Labute approximate surface area is 104 Å². The fraction of sp³-hybridized carbons (Fsp3) is 0.333. The van der Waals surface area contributed by atoms with E-state index in [2.05, 4.69) is 20.5 Å². The van der Waals surface area contributed by atoms with Gasteiger partial charge in [-0.3, -0.25) is 5.10 Å². The lowest BCUT2D eigenvalue weighted by molar-refractivity contribution is 0.341. The van der Waals surface area contributed by atoms with Gasteiger partial charge in [-0.1, -0.05) is 23.7 Å². The van der Waals surface area contributed by atoms with Crippen LogP contribution in [0.15, 0.2) is 24.3 Å². The molecule has 0 aliphatic carbocycles. The number of aromatic nitrogens is 3. The topological polar surface area (TPSA) is 53.6 Å². The van der Waals surface area contributed by atoms with Gasteiger partial charge < -0.3 is 5.32 Å². The minimum atomic E-state index is 0.690. The summed E-state index contributed by atoms with van der Waals surface area (Å²) >= 11 is 5.94. The zero-order valence-corrected chi connectivity index (χ0v) is 10.0. The molecule has 2 N–H and O–H groups in total. The van der Waals surface area contributed by atoms with Crippen LogP contribution in [0.5, 0.6) is 0 Å². The number of rotatable bonds is 3. The first kappa shape index (κ1) is 10.7. The Morgan fingerprint density at radius 1 is 1.35 bits per heavy atom. The van der Waals surface area contributed by atoms with Crippen molar-refractivity contribution in [2.75, 3.05) is 13.1 Å². The maximum atomic E-state index is 5.94. The van der Waals surface area contributed by atoms with E-state index in [4.69, 9.17) is 11.6 Å². The van der Waals surface area contributed by atoms with Gasteiger partial charge in [0, 0.05) is 17.0 Å². The van der Waals surface area contributed by atoms with Crippen molar-refractivity contribution in [3.63, 3.8) is 0 Å². The van der Waals surface area contributed by atoms with Gasteiger partial charge in [-0.2, -0.15) is 5.10 Å². The van der Waals surface area contributed by atoms with E-state index < -0.39 is 0 Å². The Bertz CT molecular complexity index is 519. The average molecular weight is 249 g/mol. The summed E-state index contributed by atoms with van der Waals surface area (Å²) in [6.07, 6.45) is 0.959. The standard InChI is InChI=1S/C12H13ClN4/c13-10-3-1-2-9(5-10)12-15-11(16-17-12)4-8-6-14-7-8/h1-3,5,8,14H,4,6-7H2,(H,15,16,17). The fourth-order valence-electron chi connectivity index (χ4n) is 1.91. The molecule has 1 fully saturated rings. The molecule has 1 aromatic carbocycles. The molecule has 0 radical (unpaired) electrons. The second kappa shape index (κ2) is 4.47. The third-order valence-electron chi connectivity index (χ3n) is 2.96. The van der Waals surface area contributed by atoms with Gasteiger partial charge in [0.1, 0.15) is 5.82 Å². The van der Waals surface area contributed by atoms with Crippen LogP contribution in [0.2, 0.25) is 5.02 Å². The quantitative estimate of drug-likeness (QED) is 0.872. The van der Waals surface area contributed by atoms with Gasteiger partial charge >= 0.3 is 0 Å². The molecule has 88 valence electrons. The minimum Gasteiger partial charge on any atom is -0.316 e. The molecule has 5 heteroatoms. The Hall–Kier alpha value is -1.39. The van der Waals surface area contributed by atoms with Crippen LogP contribution < -0.4 is 5.32 Å². The zero-order chi connectivity index (χ0) is 11.7. The van der Waals surface area contributed by atoms with Crippen LogP contribution in [0.3, 0.4) is 0 Å². The molecule has 17 heavy (non-hydrogen) atoms. The summed E-state index contributed by atoms with van der Waals surface area (Å²) in [6, 6.07) is 7.59. The van der Waals surface area contributed by atoms with E-state index in [-0.39, 0.29) is 0 Å². The molecule has 0 saturated carbocycles. The number of H-pyrrole nitrogens is 1. The van der Waals surface area contributed by atoms with Gasteiger partial charge in [0.2, 0.25) is 0 Å². The van der Waals surface area contributed by atoms with Crippen LogP contribution in [0.1, 0.15) is 5.82 Å². The maximum Gasteiger partial charge on any atom is 0.181 e. The van der Waals surface area contributed by atoms with Gasteiger partial charge in [0.05, 0.1) is 0 Å². The largest absolute Gasteiger partial charge is 0.316 e. The number of benzene rings is 1. The highest BCUT2D eigenvalue weighted by Crippen LogP contribution is 2.20. The molecule has 0 bridgehead atoms. The van der Waals surface area contributed by atoms with Crippen molar-refractivity contribution < 1.29 is 0 Å². The van der Waals surface area contributed by atoms with E-state index in [0.717, 1.165) is 36.7 Å². The number of nitrogens with zero attached hydrogens (tertiary/aromatic N) is 2. The van der Waals surface area contributed by atoms with Crippen molar-refractivity contribution >= 4 is 11.6 Å². The van der Waals surface area contributed by atoms with Crippen molar-refractivity contribution in [3.8, 4) is 11.4 Å². The smallest absolute Gasteiger partial charge is 0.181 e. The molecular weight excluding hydrogens is 236 g/mol. The minimum absolute atomic E-state index is 0.690. The number of halogens is 1. The molecule has 2 aromatic rings. The lowest BCUT2D eigenvalue weighted by atomic mass is 9.99. The number of aromatic amines is 1. The normalized spacial score (nSPS) is 15.8. The number of hydrogen-bond donors (Lipinski definition) is 2. The molecule has 0 atom stereocenters. The predicted molar refractivity (Wildman–Crippen MR) is 66.9 cm³/mol. The summed E-state index contributed by atoms with van der Waals surface area (Å²) < 4.78 is 0. The summed E-state index contributed by atoms with van der Waals surface area (Å²) in [5, 5.41) is 11.2. The number of hydrogen-bond acceptors (Lipinski definition) is 3. The van der Waals surface area contributed by atoms with Crippen LogP contribution >= 0.6 is 11.6 Å². The van der Waals surface area contributed by atoms with E-state index in [1.807, 2.05) is 24.3 Å². The summed E-state index contributed by atoms with van der Waals surface area (Å²) in [5.41, 5.74) is 0.951. The zero-order valence-electron chi connectivity index (χ0n) is 9.28. The second-order valence-corrected chi connectivity index (χ2v) is 4.78. The van der Waals surface area contributed by atoms with E-state index in [0.29, 0.717) is 10.9 Å². The third-order valence-corrected chi connectivity index (χ3v) is 3.20. The highest BCUT2D eigenvalue weighted by molar-refractivity contribution is 6.30. The fourth-order valence-corrected chi connectivity index (χ4v) is 2.10. The van der Waals surface area contributed by atoms with Crippen molar-refractivity contribution in [1.29, 1.82) is 0 Å². The average Bonchev–Trinajstić information content (AvgIpc) is 2.72. The van der Waals surface area contributed by atoms with E-state index >= 15 is 0 Å². The van der Waals surface area contributed by atoms with Crippen molar-refractivity contribution in [2.45, 2.75) is 6.42 Å². The Morgan fingerprint density at radius 2 is 2.24 bits per heavy atom. The van der Waals surface area contributed by atoms with E-state index in [1.165, 1.54) is 0 Å². The van der Waals surface area contributed by atoms with E-state index in [9.17, 15) is 0 Å². The van der Waals surface area contributed by atoms with Crippen LogP contribution in [-0.2, 0) is 6.42 Å². The summed E-state index contributed by atoms with van der Waals surface area (Å²) in [7, 11) is 0. The highest BCUT2D eigenvalue weighted by Gasteiger charge is 2.19. The van der Waals surface area contributed by atoms with Crippen molar-refractivity contribution in [2.24, 2.45) is 5.92 Å². The molecule has 2 heterocycles. The van der Waals surface area contributed by atoms with Crippen LogP contribution in [0.25, 0.3) is 11.4 Å². The first-order chi connectivity index (χ1) is 8.31. The summed E-state index contributed by atoms with van der Waals surface area (Å²) in [4.78, 5) is 4.49. The molecular formula is C12H13ClN4. The molecule has 1 saturated heterocycles. The Balaban J connectivity index is 1.79. The molecule has 0 spiro atoms. The van der Waals surface area contributed by atoms with Gasteiger partial charge in [-0.25, -0.2) is 4.98 Å². The first-order valence-corrected chi connectivity index (χ1v) is 6.07. The van der Waals surface area contributed by atoms with Crippen LogP contribution in [0, 0.1) is 5.92 Å².